The molecule has 2 rings (SSSR count). The molecule has 1 aromatic rings. The molecule has 0 aliphatic carbocycles. The molecule has 1 aliphatic rings. The maximum Gasteiger partial charge on any atom is 0.333 e. The predicted molar refractivity (Wildman–Crippen MR) is 80.0 cm³/mol. The second kappa shape index (κ2) is 6.83. The number of aromatic hydroxyl groups is 1. The summed E-state index contributed by atoms with van der Waals surface area (Å²) in [5.74, 6) is -0.638. The van der Waals surface area contributed by atoms with E-state index in [1.165, 1.54) is 14.1 Å². The fourth-order valence-corrected chi connectivity index (χ4v) is 2.38. The zero-order valence-corrected chi connectivity index (χ0v) is 13.0. The monoisotopic (exact) mass is 345 g/mol. The molecule has 0 bridgehead atoms. The van der Waals surface area contributed by atoms with Crippen LogP contribution in [0, 0.1) is 0 Å². The van der Waals surface area contributed by atoms with Crippen molar-refractivity contribution in [2.45, 2.75) is 30.6 Å². The maximum atomic E-state index is 12.0. The van der Waals surface area contributed by atoms with Crippen LogP contribution in [0.3, 0.4) is 0 Å². The predicted octanol–water partition coefficient (Wildman–Crippen LogP) is -3.99. The summed E-state index contributed by atoms with van der Waals surface area (Å²) in [5.41, 5.74) is -1.90. The minimum atomic E-state index is -1.64. The first-order valence-electron chi connectivity index (χ1n) is 7.03. The largest absolute Gasteiger partial charge is 0.494 e. The van der Waals surface area contributed by atoms with Crippen LogP contribution < -0.4 is 11.2 Å². The molecule has 11 heteroatoms. The van der Waals surface area contributed by atoms with Gasteiger partial charge in [0.15, 0.2) is 6.29 Å². The van der Waals surface area contributed by atoms with E-state index < -0.39 is 54.4 Å². The van der Waals surface area contributed by atoms with Crippen molar-refractivity contribution in [1.82, 2.24) is 9.13 Å². The summed E-state index contributed by atoms with van der Waals surface area (Å²) in [5, 5.41) is 48.4. The summed E-state index contributed by atoms with van der Waals surface area (Å²) < 4.78 is 6.50. The second-order valence-electron chi connectivity index (χ2n) is 5.44. The topological polar surface area (TPSA) is 167 Å². The minimum Gasteiger partial charge on any atom is -0.494 e. The summed E-state index contributed by atoms with van der Waals surface area (Å²) >= 11 is 0. The molecule has 11 nitrogen and oxygen atoms in total. The Kier molecular flexibility index (Phi) is 5.20. The highest BCUT2D eigenvalue weighted by Crippen LogP contribution is 2.22. The van der Waals surface area contributed by atoms with Gasteiger partial charge in [0.25, 0.3) is 5.56 Å². The Morgan fingerprint density at radius 3 is 2.38 bits per heavy atom. The molecule has 1 saturated heterocycles. The van der Waals surface area contributed by atoms with Gasteiger partial charge in [-0.3, -0.25) is 18.9 Å². The molecule has 2 heterocycles. The van der Waals surface area contributed by atoms with Crippen LogP contribution in [-0.2, 0) is 18.8 Å². The first-order valence-corrected chi connectivity index (χ1v) is 7.03. The molecule has 5 unspecified atom stereocenters. The van der Waals surface area contributed by atoms with E-state index in [1.54, 1.807) is 0 Å². The van der Waals surface area contributed by atoms with E-state index in [0.717, 1.165) is 15.3 Å². The average Bonchev–Trinajstić information content (AvgIpc) is 2.56. The van der Waals surface area contributed by atoms with E-state index in [-0.39, 0.29) is 5.56 Å². The second-order valence-corrected chi connectivity index (χ2v) is 5.44. The van der Waals surface area contributed by atoms with Gasteiger partial charge in [0, 0.05) is 20.3 Å². The van der Waals surface area contributed by atoms with Crippen molar-refractivity contribution >= 4 is 6.21 Å². The van der Waals surface area contributed by atoms with Crippen LogP contribution in [0.1, 0.15) is 5.56 Å². The van der Waals surface area contributed by atoms with Crippen LogP contribution >= 0.6 is 0 Å². The van der Waals surface area contributed by atoms with Crippen molar-refractivity contribution < 1.29 is 30.3 Å². The number of aromatic nitrogens is 2. The Labute approximate surface area is 135 Å². The van der Waals surface area contributed by atoms with E-state index in [9.17, 15) is 30.0 Å². The van der Waals surface area contributed by atoms with Gasteiger partial charge in [-0.1, -0.05) is 0 Å². The van der Waals surface area contributed by atoms with E-state index >= 15 is 0 Å². The van der Waals surface area contributed by atoms with Crippen molar-refractivity contribution in [3.63, 3.8) is 0 Å². The third kappa shape index (κ3) is 2.99. The van der Waals surface area contributed by atoms with Crippen LogP contribution in [0.2, 0.25) is 0 Å². The lowest BCUT2D eigenvalue weighted by atomic mass is 9.97. The van der Waals surface area contributed by atoms with E-state index in [0.29, 0.717) is 0 Å². The third-order valence-electron chi connectivity index (χ3n) is 3.91. The van der Waals surface area contributed by atoms with Crippen molar-refractivity contribution in [1.29, 1.82) is 0 Å². The first-order chi connectivity index (χ1) is 11.2. The molecule has 0 amide bonds. The zero-order chi connectivity index (χ0) is 18.2. The van der Waals surface area contributed by atoms with E-state index in [4.69, 9.17) is 9.84 Å². The quantitative estimate of drug-likeness (QED) is 0.346. The van der Waals surface area contributed by atoms with Gasteiger partial charge in [-0.05, 0) is 0 Å². The van der Waals surface area contributed by atoms with Crippen molar-refractivity contribution in [3.05, 3.63) is 26.4 Å². The van der Waals surface area contributed by atoms with E-state index in [1.807, 2.05) is 0 Å². The Hall–Kier alpha value is -2.05. The highest BCUT2D eigenvalue weighted by Gasteiger charge is 2.43. The number of rotatable bonds is 3. The normalized spacial score (nSPS) is 30.8. The van der Waals surface area contributed by atoms with Gasteiger partial charge >= 0.3 is 5.69 Å². The Bertz CT molecular complexity index is 755. The molecule has 0 aromatic carbocycles. The van der Waals surface area contributed by atoms with Gasteiger partial charge in [0.1, 0.15) is 29.9 Å². The Morgan fingerprint density at radius 1 is 1.17 bits per heavy atom. The van der Waals surface area contributed by atoms with Crippen LogP contribution in [0.15, 0.2) is 14.6 Å². The summed E-state index contributed by atoms with van der Waals surface area (Å²) in [6, 6.07) is -1.36. The molecule has 0 saturated carbocycles. The Morgan fingerprint density at radius 2 is 1.79 bits per heavy atom. The maximum absolute atomic E-state index is 12.0. The van der Waals surface area contributed by atoms with E-state index in [2.05, 4.69) is 4.99 Å². The summed E-state index contributed by atoms with van der Waals surface area (Å²) in [7, 11) is 2.46. The molecule has 24 heavy (non-hydrogen) atoms. The van der Waals surface area contributed by atoms with Crippen molar-refractivity contribution in [3.8, 4) is 5.88 Å². The third-order valence-corrected chi connectivity index (χ3v) is 3.91. The molecule has 1 aliphatic heterocycles. The first kappa shape index (κ1) is 18.3. The molecular formula is C13H19N3O8. The van der Waals surface area contributed by atoms with Gasteiger partial charge in [-0.15, -0.1) is 0 Å². The summed E-state index contributed by atoms with van der Waals surface area (Å²) in [6.45, 7) is -0.617. The smallest absolute Gasteiger partial charge is 0.333 e. The van der Waals surface area contributed by atoms with Crippen LogP contribution in [0.25, 0.3) is 0 Å². The Balaban J connectivity index is 2.38. The highest BCUT2D eigenvalue weighted by atomic mass is 16.6. The van der Waals surface area contributed by atoms with Crippen LogP contribution in [0.4, 0.5) is 0 Å². The van der Waals surface area contributed by atoms with Gasteiger partial charge in [-0.25, -0.2) is 4.79 Å². The van der Waals surface area contributed by atoms with Crippen LogP contribution in [0.5, 0.6) is 5.88 Å². The molecule has 1 fully saturated rings. The summed E-state index contributed by atoms with van der Waals surface area (Å²) in [6.07, 6.45) is -5.02. The number of ether oxygens (including phenoxy) is 1. The number of aliphatic imine (C=N–C) groups is 1. The highest BCUT2D eigenvalue weighted by molar-refractivity contribution is 5.82. The fraction of sp³-hybridized carbons (Fsp3) is 0.615. The number of hydrogen-bond donors (Lipinski definition) is 5. The lowest BCUT2D eigenvalue weighted by Gasteiger charge is -2.38. The lowest BCUT2D eigenvalue weighted by molar-refractivity contribution is -0.248. The zero-order valence-electron chi connectivity index (χ0n) is 13.0. The fourth-order valence-electron chi connectivity index (χ4n) is 2.38. The molecule has 0 radical (unpaired) electrons. The minimum absolute atomic E-state index is 0.335. The number of nitrogens with zero attached hydrogens (tertiary/aromatic N) is 3. The van der Waals surface area contributed by atoms with Gasteiger partial charge in [0.2, 0.25) is 5.88 Å². The molecule has 0 spiro atoms. The summed E-state index contributed by atoms with van der Waals surface area (Å²) in [4.78, 5) is 27.5. The van der Waals surface area contributed by atoms with Gasteiger partial charge < -0.3 is 30.3 Å². The number of aliphatic hydroxyl groups excluding tert-OH is 4. The standard InChI is InChI=1S/C13H19N3O8/c1-15-10(20)5(11(21)16(2)13(15)23)3-14-7-9(19)8(18)6(4-17)24-12(7)22/h3,6-9,12,17-20,22H,4H2,1-2H3. The molecule has 1 aromatic heterocycles. The SMILES string of the molecule is Cn1c(O)c(C=NC2C(O)OC(CO)C(O)C2O)c(=O)n(C)c1=O. The average molecular weight is 345 g/mol. The lowest BCUT2D eigenvalue weighted by Crippen LogP contribution is -2.57. The molecule has 5 N–H and O–H groups in total. The van der Waals surface area contributed by atoms with Crippen molar-refractivity contribution in [2.24, 2.45) is 19.1 Å². The van der Waals surface area contributed by atoms with Crippen molar-refractivity contribution in [2.75, 3.05) is 6.61 Å². The van der Waals surface area contributed by atoms with Crippen LogP contribution in [-0.4, -0.2) is 78.1 Å². The molecule has 5 atom stereocenters. The van der Waals surface area contributed by atoms with Gasteiger partial charge in [-0.2, -0.15) is 0 Å². The molecular weight excluding hydrogens is 326 g/mol. The number of hydrogen-bond acceptors (Lipinski definition) is 9. The molecule has 134 valence electrons. The number of aliphatic hydroxyl groups is 4. The van der Waals surface area contributed by atoms with Gasteiger partial charge in [0.05, 0.1) is 6.61 Å².